The van der Waals surface area contributed by atoms with Gasteiger partial charge in [0.2, 0.25) is 5.91 Å². The molecule has 2 N–H and O–H groups in total. The Labute approximate surface area is 117 Å². The third kappa shape index (κ3) is 3.81. The van der Waals surface area contributed by atoms with Crippen LogP contribution in [-0.4, -0.2) is 30.2 Å². The van der Waals surface area contributed by atoms with Crippen LogP contribution >= 0.6 is 0 Å². The second kappa shape index (κ2) is 6.52. The maximum Gasteiger partial charge on any atom is 0.335 e. The Hall–Kier alpha value is -1.88. The Balaban J connectivity index is 1.92. The molecule has 0 spiro atoms. The molecule has 1 heterocycles. The van der Waals surface area contributed by atoms with E-state index in [2.05, 4.69) is 5.32 Å². The van der Waals surface area contributed by atoms with Crippen LogP contribution in [0.2, 0.25) is 0 Å². The number of aryl methyl sites for hydroxylation is 1. The van der Waals surface area contributed by atoms with Crippen LogP contribution in [0.4, 0.5) is 5.69 Å². The molecular formula is C15H19NO4. The smallest absolute Gasteiger partial charge is 0.335 e. The topological polar surface area (TPSA) is 75.6 Å². The third-order valence-corrected chi connectivity index (χ3v) is 3.56. The molecule has 0 aromatic heterocycles. The average Bonchev–Trinajstić information content (AvgIpc) is 2.92. The molecule has 108 valence electrons. The van der Waals surface area contributed by atoms with Gasteiger partial charge in [0.25, 0.3) is 0 Å². The number of carboxylic acids is 1. The first-order valence-corrected chi connectivity index (χ1v) is 6.78. The van der Waals surface area contributed by atoms with Crippen molar-refractivity contribution in [3.05, 3.63) is 29.3 Å². The number of ether oxygens (including phenoxy) is 1. The number of aromatic carboxylic acids is 1. The van der Waals surface area contributed by atoms with Gasteiger partial charge in [0.1, 0.15) is 0 Å². The molecule has 1 saturated heterocycles. The van der Waals surface area contributed by atoms with Gasteiger partial charge >= 0.3 is 5.97 Å². The predicted molar refractivity (Wildman–Crippen MR) is 74.9 cm³/mol. The Bertz CT molecular complexity index is 507. The average molecular weight is 277 g/mol. The Morgan fingerprint density at radius 2 is 2.25 bits per heavy atom. The molecule has 1 aromatic rings. The Morgan fingerprint density at radius 1 is 1.45 bits per heavy atom. The summed E-state index contributed by atoms with van der Waals surface area (Å²) in [4.78, 5) is 22.8. The van der Waals surface area contributed by atoms with Crippen molar-refractivity contribution in [3.63, 3.8) is 0 Å². The van der Waals surface area contributed by atoms with Crippen LogP contribution in [0.25, 0.3) is 0 Å². The Kier molecular flexibility index (Phi) is 4.74. The zero-order valence-corrected chi connectivity index (χ0v) is 11.5. The molecule has 0 saturated carbocycles. The van der Waals surface area contributed by atoms with Crippen LogP contribution in [-0.2, 0) is 9.53 Å². The van der Waals surface area contributed by atoms with Crippen molar-refractivity contribution in [2.45, 2.75) is 26.2 Å². The molecule has 1 amide bonds. The quantitative estimate of drug-likeness (QED) is 0.866. The minimum absolute atomic E-state index is 0.0810. The molecule has 1 fully saturated rings. The third-order valence-electron chi connectivity index (χ3n) is 3.56. The van der Waals surface area contributed by atoms with Crippen molar-refractivity contribution >= 4 is 17.6 Å². The van der Waals surface area contributed by atoms with Crippen molar-refractivity contribution in [1.29, 1.82) is 0 Å². The first kappa shape index (κ1) is 14.5. The number of benzene rings is 1. The van der Waals surface area contributed by atoms with Crippen molar-refractivity contribution in [1.82, 2.24) is 0 Å². The van der Waals surface area contributed by atoms with Crippen LogP contribution in [0.3, 0.4) is 0 Å². The fourth-order valence-electron chi connectivity index (χ4n) is 2.25. The molecule has 1 aliphatic heterocycles. The number of hydrogen-bond acceptors (Lipinski definition) is 3. The number of rotatable bonds is 5. The van der Waals surface area contributed by atoms with Gasteiger partial charge in [0, 0.05) is 25.3 Å². The van der Waals surface area contributed by atoms with Gasteiger partial charge in [-0.05, 0) is 43.4 Å². The number of carbonyl (C=O) groups is 2. The monoisotopic (exact) mass is 277 g/mol. The fraction of sp³-hybridized carbons (Fsp3) is 0.467. The summed E-state index contributed by atoms with van der Waals surface area (Å²) in [6.07, 6.45) is 2.26. The minimum Gasteiger partial charge on any atom is -0.478 e. The van der Waals surface area contributed by atoms with Gasteiger partial charge in [-0.15, -0.1) is 0 Å². The lowest BCUT2D eigenvalue weighted by molar-refractivity contribution is -0.116. The largest absolute Gasteiger partial charge is 0.478 e. The van der Waals surface area contributed by atoms with E-state index in [9.17, 15) is 9.59 Å². The van der Waals surface area contributed by atoms with Crippen molar-refractivity contribution in [2.75, 3.05) is 18.5 Å². The summed E-state index contributed by atoms with van der Waals surface area (Å²) in [7, 11) is 0. The summed E-state index contributed by atoms with van der Waals surface area (Å²) in [6.45, 7) is 3.36. The van der Waals surface area contributed by atoms with E-state index >= 15 is 0 Å². The number of carbonyl (C=O) groups excluding carboxylic acids is 1. The highest BCUT2D eigenvalue weighted by Gasteiger charge is 2.17. The van der Waals surface area contributed by atoms with Crippen molar-refractivity contribution in [3.8, 4) is 0 Å². The first-order valence-electron chi connectivity index (χ1n) is 6.78. The van der Waals surface area contributed by atoms with Gasteiger partial charge < -0.3 is 15.2 Å². The summed E-state index contributed by atoms with van der Waals surface area (Å²) in [5.41, 5.74) is 1.60. The first-order chi connectivity index (χ1) is 9.56. The molecule has 5 heteroatoms. The van der Waals surface area contributed by atoms with Crippen LogP contribution in [0.5, 0.6) is 0 Å². The zero-order valence-electron chi connectivity index (χ0n) is 11.5. The number of carboxylic acid groups (broad SMARTS) is 1. The van der Waals surface area contributed by atoms with Gasteiger partial charge in [0.15, 0.2) is 0 Å². The van der Waals surface area contributed by atoms with Crippen molar-refractivity contribution < 1.29 is 19.4 Å². The van der Waals surface area contributed by atoms with Gasteiger partial charge in [-0.3, -0.25) is 4.79 Å². The zero-order chi connectivity index (χ0) is 14.5. The standard InChI is InChI=1S/C15H19NO4/c1-10-2-4-12(15(18)19)8-13(10)16-14(17)5-3-11-6-7-20-9-11/h2,4,8,11H,3,5-7,9H2,1H3,(H,16,17)(H,18,19). The lowest BCUT2D eigenvalue weighted by Crippen LogP contribution is -2.14. The van der Waals surface area contributed by atoms with E-state index in [1.54, 1.807) is 6.07 Å². The number of hydrogen-bond donors (Lipinski definition) is 2. The molecular weight excluding hydrogens is 258 g/mol. The summed E-state index contributed by atoms with van der Waals surface area (Å²) < 4.78 is 5.27. The molecule has 2 rings (SSSR count). The molecule has 0 aliphatic carbocycles. The molecule has 1 unspecified atom stereocenters. The van der Waals surface area contributed by atoms with E-state index in [1.165, 1.54) is 12.1 Å². The summed E-state index contributed by atoms with van der Waals surface area (Å²) in [6, 6.07) is 4.72. The van der Waals surface area contributed by atoms with Crippen LogP contribution in [0.15, 0.2) is 18.2 Å². The van der Waals surface area contributed by atoms with Gasteiger partial charge in [-0.1, -0.05) is 6.07 Å². The van der Waals surface area contributed by atoms with E-state index < -0.39 is 5.97 Å². The lowest BCUT2D eigenvalue weighted by Gasteiger charge is -2.11. The lowest BCUT2D eigenvalue weighted by atomic mass is 10.0. The summed E-state index contributed by atoms with van der Waals surface area (Å²) >= 11 is 0. The van der Waals surface area contributed by atoms with Crippen LogP contribution in [0, 0.1) is 12.8 Å². The number of amides is 1. The SMILES string of the molecule is Cc1ccc(C(=O)O)cc1NC(=O)CCC1CCOC1. The fourth-order valence-corrected chi connectivity index (χ4v) is 2.25. The maximum atomic E-state index is 11.9. The molecule has 0 radical (unpaired) electrons. The Morgan fingerprint density at radius 3 is 2.90 bits per heavy atom. The second-order valence-corrected chi connectivity index (χ2v) is 5.15. The van der Waals surface area contributed by atoms with Crippen molar-refractivity contribution in [2.24, 2.45) is 5.92 Å². The van der Waals surface area contributed by atoms with E-state index in [4.69, 9.17) is 9.84 Å². The molecule has 20 heavy (non-hydrogen) atoms. The number of anilines is 1. The highest BCUT2D eigenvalue weighted by molar-refractivity contribution is 5.94. The predicted octanol–water partition coefficient (Wildman–Crippen LogP) is 2.45. The maximum absolute atomic E-state index is 11.9. The highest BCUT2D eigenvalue weighted by Crippen LogP contribution is 2.20. The van der Waals surface area contributed by atoms with Gasteiger partial charge in [0.05, 0.1) is 5.56 Å². The van der Waals surface area contributed by atoms with Gasteiger partial charge in [-0.2, -0.15) is 0 Å². The van der Waals surface area contributed by atoms with E-state index in [-0.39, 0.29) is 11.5 Å². The molecule has 0 bridgehead atoms. The number of nitrogens with one attached hydrogen (secondary N) is 1. The normalized spacial score (nSPS) is 17.9. The molecule has 1 atom stereocenters. The minimum atomic E-state index is -0.997. The van der Waals surface area contributed by atoms with E-state index in [1.807, 2.05) is 6.92 Å². The molecule has 1 aromatic carbocycles. The highest BCUT2D eigenvalue weighted by atomic mass is 16.5. The van der Waals surface area contributed by atoms with E-state index in [0.717, 1.165) is 31.6 Å². The van der Waals surface area contributed by atoms with Crippen LogP contribution < -0.4 is 5.32 Å². The second-order valence-electron chi connectivity index (χ2n) is 5.15. The summed E-state index contributed by atoms with van der Waals surface area (Å²) in [5, 5.41) is 11.7. The summed E-state index contributed by atoms with van der Waals surface area (Å²) in [5.74, 6) is -0.613. The molecule has 5 nitrogen and oxygen atoms in total. The van der Waals surface area contributed by atoms with Crippen LogP contribution in [0.1, 0.15) is 35.2 Å². The molecule has 1 aliphatic rings. The van der Waals surface area contributed by atoms with E-state index in [0.29, 0.717) is 18.0 Å². The van der Waals surface area contributed by atoms with Gasteiger partial charge in [-0.25, -0.2) is 4.79 Å².